The van der Waals surface area contributed by atoms with Crippen LogP contribution >= 0.6 is 0 Å². The molecule has 0 aliphatic rings. The van der Waals surface area contributed by atoms with Crippen LogP contribution in [0.4, 0.5) is 11.4 Å². The van der Waals surface area contributed by atoms with E-state index in [2.05, 4.69) is 4.72 Å². The van der Waals surface area contributed by atoms with Crippen LogP contribution in [0.1, 0.15) is 0 Å². The average Bonchev–Trinajstić information content (AvgIpc) is 2.60. The second kappa shape index (κ2) is 7.42. The molecule has 2 aromatic carbocycles. The van der Waals surface area contributed by atoms with Crippen molar-refractivity contribution >= 4 is 31.4 Å². The van der Waals surface area contributed by atoms with Crippen LogP contribution in [0.3, 0.4) is 0 Å². The van der Waals surface area contributed by atoms with E-state index in [9.17, 15) is 16.8 Å². The third-order valence-electron chi connectivity index (χ3n) is 3.64. The standard InChI is InChI=1S/C16H20N2O6S2/c1-18(25(4,19)20)15-11-14(9-10-16(15)24-3)26(21,22)17-12-5-7-13(23-2)8-6-12/h5-11,17H,1-4H3. The molecule has 0 saturated heterocycles. The van der Waals surface area contributed by atoms with Crippen LogP contribution in [0.5, 0.6) is 11.5 Å². The smallest absolute Gasteiger partial charge is 0.261 e. The fourth-order valence-corrected chi connectivity index (χ4v) is 3.71. The van der Waals surface area contributed by atoms with Gasteiger partial charge in [0.25, 0.3) is 10.0 Å². The van der Waals surface area contributed by atoms with Crippen molar-refractivity contribution in [1.29, 1.82) is 0 Å². The van der Waals surface area contributed by atoms with Crippen molar-refractivity contribution in [1.82, 2.24) is 0 Å². The molecule has 0 saturated carbocycles. The molecule has 142 valence electrons. The maximum Gasteiger partial charge on any atom is 0.261 e. The summed E-state index contributed by atoms with van der Waals surface area (Å²) < 4.78 is 62.4. The van der Waals surface area contributed by atoms with Crippen molar-refractivity contribution < 1.29 is 26.3 Å². The summed E-state index contributed by atoms with van der Waals surface area (Å²) in [5.41, 5.74) is 0.465. The van der Waals surface area contributed by atoms with Crippen LogP contribution in [-0.2, 0) is 20.0 Å². The molecule has 0 aromatic heterocycles. The third kappa shape index (κ3) is 4.38. The van der Waals surface area contributed by atoms with Gasteiger partial charge in [0, 0.05) is 12.7 Å². The molecule has 26 heavy (non-hydrogen) atoms. The molecule has 2 aromatic rings. The van der Waals surface area contributed by atoms with Gasteiger partial charge in [0.1, 0.15) is 11.5 Å². The van der Waals surface area contributed by atoms with E-state index in [-0.39, 0.29) is 16.3 Å². The highest BCUT2D eigenvalue weighted by atomic mass is 32.2. The Morgan fingerprint density at radius 2 is 1.54 bits per heavy atom. The first kappa shape index (κ1) is 19.9. The highest BCUT2D eigenvalue weighted by molar-refractivity contribution is 7.93. The highest BCUT2D eigenvalue weighted by Gasteiger charge is 2.21. The van der Waals surface area contributed by atoms with Gasteiger partial charge in [0.15, 0.2) is 0 Å². The van der Waals surface area contributed by atoms with Crippen molar-refractivity contribution in [2.24, 2.45) is 0 Å². The first-order valence-corrected chi connectivity index (χ1v) is 10.7. The molecule has 0 amide bonds. The van der Waals surface area contributed by atoms with E-state index >= 15 is 0 Å². The Morgan fingerprint density at radius 1 is 0.923 bits per heavy atom. The normalized spacial score (nSPS) is 11.7. The molecule has 0 heterocycles. The minimum absolute atomic E-state index is 0.0976. The fourth-order valence-electron chi connectivity index (χ4n) is 2.13. The molecular weight excluding hydrogens is 380 g/mol. The van der Waals surface area contributed by atoms with Gasteiger partial charge in [-0.05, 0) is 42.5 Å². The summed E-state index contributed by atoms with van der Waals surface area (Å²) in [6.07, 6.45) is 1.02. The first-order valence-electron chi connectivity index (χ1n) is 7.37. The van der Waals surface area contributed by atoms with Gasteiger partial charge in [0.2, 0.25) is 10.0 Å². The maximum absolute atomic E-state index is 12.6. The lowest BCUT2D eigenvalue weighted by Crippen LogP contribution is -2.25. The molecule has 0 atom stereocenters. The van der Waals surface area contributed by atoms with E-state index in [1.807, 2.05) is 0 Å². The number of hydrogen-bond donors (Lipinski definition) is 1. The number of sulfonamides is 2. The van der Waals surface area contributed by atoms with E-state index in [0.29, 0.717) is 11.4 Å². The van der Waals surface area contributed by atoms with Gasteiger partial charge in [0.05, 0.1) is 31.1 Å². The van der Waals surface area contributed by atoms with Gasteiger partial charge >= 0.3 is 0 Å². The van der Waals surface area contributed by atoms with Gasteiger partial charge in [-0.1, -0.05) is 0 Å². The number of benzene rings is 2. The predicted molar refractivity (Wildman–Crippen MR) is 100 cm³/mol. The molecule has 1 N–H and O–H groups in total. The Labute approximate surface area is 153 Å². The zero-order valence-corrected chi connectivity index (χ0v) is 16.4. The number of methoxy groups -OCH3 is 2. The van der Waals surface area contributed by atoms with E-state index < -0.39 is 20.0 Å². The third-order valence-corrected chi connectivity index (χ3v) is 6.21. The molecule has 0 aliphatic heterocycles. The Balaban J connectivity index is 2.42. The molecule has 2 rings (SSSR count). The van der Waals surface area contributed by atoms with Crippen molar-refractivity contribution in [3.63, 3.8) is 0 Å². The van der Waals surface area contributed by atoms with Crippen LogP contribution < -0.4 is 18.5 Å². The quantitative estimate of drug-likeness (QED) is 0.762. The number of nitrogens with zero attached hydrogens (tertiary/aromatic N) is 1. The lowest BCUT2D eigenvalue weighted by Gasteiger charge is -2.20. The molecule has 0 aliphatic carbocycles. The molecule has 0 fully saturated rings. The van der Waals surface area contributed by atoms with E-state index in [4.69, 9.17) is 9.47 Å². The maximum atomic E-state index is 12.6. The zero-order chi connectivity index (χ0) is 19.5. The second-order valence-corrected chi connectivity index (χ2v) is 9.09. The van der Waals surface area contributed by atoms with Gasteiger partial charge in [-0.2, -0.15) is 0 Å². The summed E-state index contributed by atoms with van der Waals surface area (Å²) in [5, 5.41) is 0. The summed E-state index contributed by atoms with van der Waals surface area (Å²) in [7, 11) is -3.32. The van der Waals surface area contributed by atoms with Crippen LogP contribution in [-0.4, -0.2) is 44.4 Å². The van der Waals surface area contributed by atoms with Crippen LogP contribution in [0.25, 0.3) is 0 Å². The molecule has 0 radical (unpaired) electrons. The van der Waals surface area contributed by atoms with E-state index in [0.717, 1.165) is 10.6 Å². The number of ether oxygens (including phenoxy) is 2. The Bertz CT molecular complexity index is 986. The summed E-state index contributed by atoms with van der Waals surface area (Å²) in [5.74, 6) is 0.829. The first-order chi connectivity index (χ1) is 12.1. The van der Waals surface area contributed by atoms with Crippen LogP contribution in [0.2, 0.25) is 0 Å². The van der Waals surface area contributed by atoms with Crippen molar-refractivity contribution in [3.05, 3.63) is 42.5 Å². The second-order valence-electron chi connectivity index (χ2n) is 5.40. The lowest BCUT2D eigenvalue weighted by molar-refractivity contribution is 0.415. The minimum Gasteiger partial charge on any atom is -0.497 e. The van der Waals surface area contributed by atoms with Gasteiger partial charge in [-0.15, -0.1) is 0 Å². The average molecular weight is 400 g/mol. The van der Waals surface area contributed by atoms with Gasteiger partial charge in [-0.3, -0.25) is 9.03 Å². The summed E-state index contributed by atoms with van der Waals surface area (Å²) in [4.78, 5) is -0.0976. The molecule has 0 spiro atoms. The van der Waals surface area contributed by atoms with E-state index in [1.165, 1.54) is 39.5 Å². The number of anilines is 2. The number of nitrogens with one attached hydrogen (secondary N) is 1. The fraction of sp³-hybridized carbons (Fsp3) is 0.250. The summed E-state index contributed by atoms with van der Waals surface area (Å²) in [6.45, 7) is 0. The molecule has 0 unspecified atom stereocenters. The zero-order valence-electron chi connectivity index (χ0n) is 14.8. The van der Waals surface area contributed by atoms with E-state index in [1.54, 1.807) is 24.3 Å². The Morgan fingerprint density at radius 3 is 2.04 bits per heavy atom. The summed E-state index contributed by atoms with van der Waals surface area (Å²) >= 11 is 0. The van der Waals surface area contributed by atoms with Crippen LogP contribution in [0.15, 0.2) is 47.4 Å². The Kier molecular flexibility index (Phi) is 5.67. The lowest BCUT2D eigenvalue weighted by atomic mass is 10.3. The molecule has 10 heteroatoms. The monoisotopic (exact) mass is 400 g/mol. The number of hydrogen-bond acceptors (Lipinski definition) is 6. The van der Waals surface area contributed by atoms with Crippen LogP contribution in [0, 0.1) is 0 Å². The van der Waals surface area contributed by atoms with Gasteiger partial charge in [-0.25, -0.2) is 16.8 Å². The molecule has 8 nitrogen and oxygen atoms in total. The van der Waals surface area contributed by atoms with Crippen molar-refractivity contribution in [2.45, 2.75) is 4.90 Å². The minimum atomic E-state index is -3.93. The summed E-state index contributed by atoms with van der Waals surface area (Å²) in [6, 6.07) is 10.3. The van der Waals surface area contributed by atoms with Gasteiger partial charge < -0.3 is 9.47 Å². The Hall–Kier alpha value is -2.46. The van der Waals surface area contributed by atoms with Crippen molar-refractivity contribution in [2.75, 3.05) is 36.6 Å². The molecule has 0 bridgehead atoms. The van der Waals surface area contributed by atoms with Crippen molar-refractivity contribution in [3.8, 4) is 11.5 Å². The SMILES string of the molecule is COc1ccc(NS(=O)(=O)c2ccc(OC)c(N(C)S(C)(=O)=O)c2)cc1. The highest BCUT2D eigenvalue weighted by Crippen LogP contribution is 2.32. The molecular formula is C16H20N2O6S2. The topological polar surface area (TPSA) is 102 Å². The predicted octanol–water partition coefficient (Wildman–Crippen LogP) is 1.90. The number of rotatable bonds is 7. The largest absolute Gasteiger partial charge is 0.497 e.